The normalized spacial score (nSPS) is 18.6. The number of imidazole rings is 1. The first-order chi connectivity index (χ1) is 17.8. The van der Waals surface area contributed by atoms with Crippen molar-refractivity contribution in [3.05, 3.63) is 78.6 Å². The van der Waals surface area contributed by atoms with Crippen LogP contribution >= 0.6 is 0 Å². The van der Waals surface area contributed by atoms with Gasteiger partial charge in [-0.05, 0) is 43.0 Å². The Balaban J connectivity index is 1.22. The number of benzene rings is 2. The number of nitrogens with zero attached hydrogens (tertiary/aromatic N) is 4. The molecular weight excluding hydrogens is 446 g/mol. The molecule has 0 bridgehead atoms. The molecule has 2 aromatic carbocycles. The fraction of sp³-hybridized carbons (Fsp3) is 0.333. The van der Waals surface area contributed by atoms with Gasteiger partial charge in [-0.25, -0.2) is 4.98 Å². The lowest BCUT2D eigenvalue weighted by molar-refractivity contribution is -0.0282. The van der Waals surface area contributed by atoms with Crippen LogP contribution in [0.5, 0.6) is 5.75 Å². The van der Waals surface area contributed by atoms with Crippen molar-refractivity contribution in [1.82, 2.24) is 24.8 Å². The molecule has 0 saturated carbocycles. The third-order valence-corrected chi connectivity index (χ3v) is 8.03. The van der Waals surface area contributed by atoms with Crippen LogP contribution in [0.1, 0.15) is 18.4 Å². The highest BCUT2D eigenvalue weighted by atomic mass is 16.5. The number of pyridine rings is 1. The SMILES string of the molecule is c1ccc(-c2c(-c3ccc(CN4CC5(CCNCC5)C4)cc3)nc3n2CCOc2cnccc2-3)cc1. The summed E-state index contributed by atoms with van der Waals surface area (Å²) in [4.78, 5) is 12.1. The predicted octanol–water partition coefficient (Wildman–Crippen LogP) is 4.86. The first kappa shape index (κ1) is 21.8. The van der Waals surface area contributed by atoms with Crippen LogP contribution in [0.2, 0.25) is 0 Å². The topological polar surface area (TPSA) is 55.2 Å². The van der Waals surface area contributed by atoms with E-state index >= 15 is 0 Å². The average Bonchev–Trinajstić information content (AvgIpc) is 3.19. The van der Waals surface area contributed by atoms with E-state index in [1.165, 1.54) is 50.1 Å². The Labute approximate surface area is 212 Å². The second-order valence-electron chi connectivity index (χ2n) is 10.5. The number of likely N-dealkylation sites (tertiary alicyclic amines) is 1. The van der Waals surface area contributed by atoms with Gasteiger partial charge in [0.15, 0.2) is 0 Å². The van der Waals surface area contributed by atoms with Crippen LogP contribution in [-0.2, 0) is 13.1 Å². The molecular formula is C30H31N5O. The second-order valence-corrected chi connectivity index (χ2v) is 10.5. The van der Waals surface area contributed by atoms with Gasteiger partial charge >= 0.3 is 0 Å². The van der Waals surface area contributed by atoms with Crippen LogP contribution in [0, 0.1) is 5.41 Å². The Hall–Kier alpha value is -3.48. The molecule has 4 aromatic rings. The van der Waals surface area contributed by atoms with Gasteiger partial charge in [-0.1, -0.05) is 54.6 Å². The van der Waals surface area contributed by atoms with Crippen LogP contribution < -0.4 is 10.1 Å². The smallest absolute Gasteiger partial charge is 0.148 e. The van der Waals surface area contributed by atoms with E-state index in [1.54, 1.807) is 6.20 Å². The zero-order valence-corrected chi connectivity index (χ0v) is 20.5. The van der Waals surface area contributed by atoms with Crippen LogP contribution in [0.3, 0.4) is 0 Å². The van der Waals surface area contributed by atoms with Crippen molar-refractivity contribution in [2.75, 3.05) is 32.8 Å². The molecule has 182 valence electrons. The zero-order chi connectivity index (χ0) is 24.0. The third kappa shape index (κ3) is 3.81. The molecule has 0 unspecified atom stereocenters. The Kier molecular flexibility index (Phi) is 5.37. The first-order valence-corrected chi connectivity index (χ1v) is 13.0. The minimum absolute atomic E-state index is 0.569. The third-order valence-electron chi connectivity index (χ3n) is 8.03. The number of fused-ring (bicyclic) bond motifs is 3. The highest BCUT2D eigenvalue weighted by Gasteiger charge is 2.42. The van der Waals surface area contributed by atoms with Crippen molar-refractivity contribution in [2.24, 2.45) is 5.41 Å². The van der Waals surface area contributed by atoms with Gasteiger partial charge in [0, 0.05) is 37.0 Å². The number of piperidine rings is 1. The summed E-state index contributed by atoms with van der Waals surface area (Å²) in [6.45, 7) is 7.18. The van der Waals surface area contributed by atoms with Crippen molar-refractivity contribution >= 4 is 0 Å². The molecule has 6 heteroatoms. The highest BCUT2D eigenvalue weighted by molar-refractivity contribution is 5.83. The molecule has 1 N–H and O–H groups in total. The maximum atomic E-state index is 6.00. The Morgan fingerprint density at radius 3 is 2.53 bits per heavy atom. The lowest BCUT2D eigenvalue weighted by Gasteiger charge is -2.52. The van der Waals surface area contributed by atoms with E-state index in [-0.39, 0.29) is 0 Å². The summed E-state index contributed by atoms with van der Waals surface area (Å²) >= 11 is 0. The zero-order valence-electron chi connectivity index (χ0n) is 20.5. The standard InChI is InChI=1S/C30H31N5O/c1-2-4-24(5-3-1)28-27(33-29-25-10-13-32-18-26(25)36-17-16-35(28)29)23-8-6-22(7-9-23)19-34-20-30(21-34)11-14-31-15-12-30/h1-10,13,18,31H,11-12,14-17,19-21H2. The summed E-state index contributed by atoms with van der Waals surface area (Å²) in [6, 6.07) is 21.6. The minimum atomic E-state index is 0.569. The van der Waals surface area contributed by atoms with E-state index in [9.17, 15) is 0 Å². The summed E-state index contributed by atoms with van der Waals surface area (Å²) in [5, 5.41) is 3.50. The van der Waals surface area contributed by atoms with Crippen LogP contribution in [-0.4, -0.2) is 52.2 Å². The number of hydrogen-bond donors (Lipinski definition) is 1. The van der Waals surface area contributed by atoms with Gasteiger partial charge in [-0.15, -0.1) is 0 Å². The Morgan fingerprint density at radius 1 is 0.917 bits per heavy atom. The van der Waals surface area contributed by atoms with E-state index in [0.717, 1.165) is 47.2 Å². The Bertz CT molecular complexity index is 1360. The van der Waals surface area contributed by atoms with Crippen molar-refractivity contribution in [3.8, 4) is 39.7 Å². The quantitative estimate of drug-likeness (QED) is 0.455. The van der Waals surface area contributed by atoms with Crippen molar-refractivity contribution in [1.29, 1.82) is 0 Å². The fourth-order valence-electron chi connectivity index (χ4n) is 6.21. The van der Waals surface area contributed by atoms with E-state index in [1.807, 2.05) is 12.3 Å². The van der Waals surface area contributed by atoms with E-state index in [4.69, 9.17) is 9.72 Å². The van der Waals surface area contributed by atoms with Crippen LogP contribution in [0.4, 0.5) is 0 Å². The summed E-state index contributed by atoms with van der Waals surface area (Å²) in [5.74, 6) is 1.74. The van der Waals surface area contributed by atoms with Crippen molar-refractivity contribution in [3.63, 3.8) is 0 Å². The number of hydrogen-bond acceptors (Lipinski definition) is 5. The largest absolute Gasteiger partial charge is 0.489 e. The molecule has 3 aliphatic rings. The highest BCUT2D eigenvalue weighted by Crippen LogP contribution is 2.41. The van der Waals surface area contributed by atoms with Gasteiger partial charge in [0.1, 0.15) is 18.2 Å². The minimum Gasteiger partial charge on any atom is -0.489 e. The van der Waals surface area contributed by atoms with E-state index in [2.05, 4.69) is 74.4 Å². The number of nitrogens with one attached hydrogen (secondary N) is 1. The summed E-state index contributed by atoms with van der Waals surface area (Å²) < 4.78 is 8.31. The second kappa shape index (κ2) is 8.87. The molecule has 7 rings (SSSR count). The lowest BCUT2D eigenvalue weighted by atomic mass is 9.72. The van der Waals surface area contributed by atoms with Crippen LogP contribution in [0.15, 0.2) is 73.1 Å². The van der Waals surface area contributed by atoms with Gasteiger partial charge in [0.25, 0.3) is 0 Å². The van der Waals surface area contributed by atoms with E-state index in [0.29, 0.717) is 12.0 Å². The average molecular weight is 478 g/mol. The maximum absolute atomic E-state index is 6.00. The molecule has 5 heterocycles. The Morgan fingerprint density at radius 2 is 1.72 bits per heavy atom. The molecule has 2 saturated heterocycles. The van der Waals surface area contributed by atoms with Crippen LogP contribution in [0.25, 0.3) is 33.9 Å². The predicted molar refractivity (Wildman–Crippen MR) is 142 cm³/mol. The first-order valence-electron chi connectivity index (χ1n) is 13.0. The molecule has 2 aromatic heterocycles. The number of ether oxygens (including phenoxy) is 1. The van der Waals surface area contributed by atoms with E-state index < -0.39 is 0 Å². The molecule has 0 atom stereocenters. The van der Waals surface area contributed by atoms with Crippen molar-refractivity contribution < 1.29 is 4.74 Å². The van der Waals surface area contributed by atoms with Gasteiger partial charge < -0.3 is 14.6 Å². The lowest BCUT2D eigenvalue weighted by Crippen LogP contribution is -2.59. The monoisotopic (exact) mass is 477 g/mol. The van der Waals surface area contributed by atoms with Gasteiger partial charge in [-0.3, -0.25) is 9.88 Å². The molecule has 1 spiro atoms. The fourth-order valence-corrected chi connectivity index (χ4v) is 6.21. The molecule has 0 amide bonds. The summed E-state index contributed by atoms with van der Waals surface area (Å²) in [5.41, 5.74) is 7.40. The van der Waals surface area contributed by atoms with Crippen molar-refractivity contribution in [2.45, 2.75) is 25.9 Å². The molecule has 2 fully saturated rings. The summed E-state index contributed by atoms with van der Waals surface area (Å²) in [6.07, 6.45) is 6.24. The summed E-state index contributed by atoms with van der Waals surface area (Å²) in [7, 11) is 0. The molecule has 0 radical (unpaired) electrons. The number of aromatic nitrogens is 3. The molecule has 0 aliphatic carbocycles. The molecule has 6 nitrogen and oxygen atoms in total. The van der Waals surface area contributed by atoms with Gasteiger partial charge in [0.05, 0.1) is 29.7 Å². The van der Waals surface area contributed by atoms with Gasteiger partial charge in [-0.2, -0.15) is 0 Å². The maximum Gasteiger partial charge on any atom is 0.148 e. The van der Waals surface area contributed by atoms with Gasteiger partial charge in [0.2, 0.25) is 0 Å². The molecule has 3 aliphatic heterocycles. The number of rotatable bonds is 4. The molecule has 36 heavy (non-hydrogen) atoms.